The van der Waals surface area contributed by atoms with E-state index in [9.17, 15) is 4.79 Å². The monoisotopic (exact) mass is 405 g/mol. The van der Waals surface area contributed by atoms with Crippen molar-refractivity contribution in [1.29, 1.82) is 0 Å². The molecular formula is C24H27N3OS. The Balaban J connectivity index is 1.54. The molecule has 1 aromatic heterocycles. The molecule has 5 heteroatoms. The first kappa shape index (κ1) is 19.8. The van der Waals surface area contributed by atoms with Crippen LogP contribution in [0.1, 0.15) is 46.0 Å². The third kappa shape index (κ3) is 3.85. The minimum atomic E-state index is -0.398. The molecule has 29 heavy (non-hydrogen) atoms. The second kappa shape index (κ2) is 7.73. The molecule has 1 heterocycles. The van der Waals surface area contributed by atoms with E-state index in [0.29, 0.717) is 5.13 Å². The Bertz CT molecular complexity index is 1020. The summed E-state index contributed by atoms with van der Waals surface area (Å²) in [4.78, 5) is 20.9. The quantitative estimate of drug-likeness (QED) is 0.622. The fraction of sp³-hybridized carbons (Fsp3) is 0.333. The van der Waals surface area contributed by atoms with Crippen molar-refractivity contribution in [3.8, 4) is 0 Å². The van der Waals surface area contributed by atoms with E-state index in [0.717, 1.165) is 23.3 Å². The highest BCUT2D eigenvalue weighted by Gasteiger charge is 2.51. The van der Waals surface area contributed by atoms with Crippen LogP contribution in [-0.4, -0.2) is 29.9 Å². The van der Waals surface area contributed by atoms with Gasteiger partial charge in [-0.05, 0) is 63.0 Å². The summed E-state index contributed by atoms with van der Waals surface area (Å²) in [6.07, 6.45) is 3.67. The molecule has 1 aliphatic rings. The van der Waals surface area contributed by atoms with Gasteiger partial charge in [0.1, 0.15) is 0 Å². The lowest BCUT2D eigenvalue weighted by Crippen LogP contribution is -2.27. The number of benzene rings is 2. The van der Waals surface area contributed by atoms with Crippen molar-refractivity contribution < 1.29 is 4.79 Å². The molecule has 1 saturated carbocycles. The van der Waals surface area contributed by atoms with Gasteiger partial charge in [-0.2, -0.15) is 0 Å². The van der Waals surface area contributed by atoms with Gasteiger partial charge in [0.2, 0.25) is 5.91 Å². The number of nitrogens with zero attached hydrogens (tertiary/aromatic N) is 2. The first-order valence-electron chi connectivity index (χ1n) is 9.97. The van der Waals surface area contributed by atoms with Gasteiger partial charge in [0, 0.05) is 11.1 Å². The predicted molar refractivity (Wildman–Crippen MR) is 120 cm³/mol. The highest BCUT2D eigenvalue weighted by atomic mass is 32.1. The van der Waals surface area contributed by atoms with Gasteiger partial charge < -0.3 is 5.32 Å². The summed E-state index contributed by atoms with van der Waals surface area (Å²) in [5.74, 6) is 0.0581. The molecule has 150 valence electrons. The first-order valence-corrected chi connectivity index (χ1v) is 10.8. The van der Waals surface area contributed by atoms with Gasteiger partial charge in [0.25, 0.3) is 0 Å². The maximum Gasteiger partial charge on any atom is 0.236 e. The fourth-order valence-electron chi connectivity index (χ4n) is 3.85. The summed E-state index contributed by atoms with van der Waals surface area (Å²) in [7, 11) is 4.13. The van der Waals surface area contributed by atoms with E-state index >= 15 is 0 Å². The van der Waals surface area contributed by atoms with Crippen molar-refractivity contribution in [2.45, 2.75) is 38.1 Å². The first-order chi connectivity index (χ1) is 13.9. The van der Waals surface area contributed by atoms with Crippen LogP contribution >= 0.6 is 11.3 Å². The van der Waals surface area contributed by atoms with E-state index in [-0.39, 0.29) is 11.9 Å². The number of hydrogen-bond acceptors (Lipinski definition) is 4. The third-order valence-corrected chi connectivity index (χ3v) is 6.85. The van der Waals surface area contributed by atoms with Crippen LogP contribution in [0.4, 0.5) is 5.13 Å². The number of aromatic nitrogens is 1. The maximum atomic E-state index is 13.1. The number of rotatable bonds is 6. The molecule has 0 aliphatic heterocycles. The molecule has 4 nitrogen and oxygen atoms in total. The lowest BCUT2D eigenvalue weighted by Gasteiger charge is -2.23. The lowest BCUT2D eigenvalue weighted by atomic mass is 9.92. The summed E-state index contributed by atoms with van der Waals surface area (Å²) in [6.45, 7) is 4.20. The van der Waals surface area contributed by atoms with Crippen molar-refractivity contribution in [3.63, 3.8) is 0 Å². The van der Waals surface area contributed by atoms with Crippen LogP contribution in [0.15, 0.2) is 54.7 Å². The molecule has 2 aromatic carbocycles. The van der Waals surface area contributed by atoms with Crippen LogP contribution in [0, 0.1) is 13.8 Å². The van der Waals surface area contributed by atoms with E-state index in [1.807, 2.05) is 12.3 Å². The smallest absolute Gasteiger partial charge is 0.236 e. The van der Waals surface area contributed by atoms with Crippen LogP contribution in [0.5, 0.6) is 0 Å². The minimum Gasteiger partial charge on any atom is -0.301 e. The number of carbonyl (C=O) groups excluding carboxylic acids is 1. The zero-order chi connectivity index (χ0) is 20.6. The molecule has 1 N–H and O–H groups in total. The van der Waals surface area contributed by atoms with E-state index in [1.165, 1.54) is 16.7 Å². The number of anilines is 1. The predicted octanol–water partition coefficient (Wildman–Crippen LogP) is 5.08. The van der Waals surface area contributed by atoms with E-state index in [4.69, 9.17) is 0 Å². The van der Waals surface area contributed by atoms with Crippen LogP contribution in [0.3, 0.4) is 0 Å². The Morgan fingerprint density at radius 3 is 2.45 bits per heavy atom. The van der Waals surface area contributed by atoms with Gasteiger partial charge in [-0.3, -0.25) is 9.69 Å². The lowest BCUT2D eigenvalue weighted by molar-refractivity contribution is -0.118. The topological polar surface area (TPSA) is 45.2 Å². The number of thiazole rings is 1. The van der Waals surface area contributed by atoms with Crippen molar-refractivity contribution in [2.24, 2.45) is 0 Å². The SMILES string of the molecule is Cc1ccc(C2(C(=O)Nc3ncc([C@H](c4ccccc4)N(C)C)s3)CC2)cc1C. The van der Waals surface area contributed by atoms with Crippen molar-refractivity contribution in [1.82, 2.24) is 9.88 Å². The molecule has 0 radical (unpaired) electrons. The summed E-state index contributed by atoms with van der Waals surface area (Å²) < 4.78 is 0. The molecule has 1 fully saturated rings. The molecule has 0 unspecified atom stereocenters. The average Bonchev–Trinajstić information content (AvgIpc) is 3.40. The van der Waals surface area contributed by atoms with E-state index in [2.05, 4.69) is 85.6 Å². The van der Waals surface area contributed by atoms with Crippen molar-refractivity contribution in [3.05, 3.63) is 81.9 Å². The molecule has 1 amide bonds. The van der Waals surface area contributed by atoms with Crippen LogP contribution in [0.2, 0.25) is 0 Å². The summed E-state index contributed by atoms with van der Waals surface area (Å²) >= 11 is 1.55. The number of carbonyl (C=O) groups is 1. The summed E-state index contributed by atoms with van der Waals surface area (Å²) in [6, 6.07) is 16.9. The number of aryl methyl sites for hydroxylation is 2. The van der Waals surface area contributed by atoms with E-state index < -0.39 is 5.41 Å². The molecule has 1 atom stereocenters. The molecule has 3 aromatic rings. The molecule has 0 spiro atoms. The molecule has 1 aliphatic carbocycles. The summed E-state index contributed by atoms with van der Waals surface area (Å²) in [5, 5.41) is 3.76. The fourth-order valence-corrected chi connectivity index (χ4v) is 4.89. The zero-order valence-electron chi connectivity index (χ0n) is 17.4. The number of nitrogens with one attached hydrogen (secondary N) is 1. The standard InChI is InChI=1S/C24H27N3OS/c1-16-10-11-19(14-17(16)2)24(12-13-24)22(28)26-23-25-15-20(29-23)21(27(3)4)18-8-6-5-7-9-18/h5-11,14-15,21H,12-13H2,1-4H3,(H,25,26,28)/t21-/m0/s1. The molecule has 0 bridgehead atoms. The Hall–Kier alpha value is -2.50. The van der Waals surface area contributed by atoms with Crippen LogP contribution in [-0.2, 0) is 10.2 Å². The minimum absolute atomic E-state index is 0.0581. The van der Waals surface area contributed by atoms with Gasteiger partial charge in [0.05, 0.1) is 11.5 Å². The highest BCUT2D eigenvalue weighted by molar-refractivity contribution is 7.15. The van der Waals surface area contributed by atoms with Gasteiger partial charge in [0.15, 0.2) is 5.13 Å². The largest absolute Gasteiger partial charge is 0.301 e. The van der Waals surface area contributed by atoms with Gasteiger partial charge >= 0.3 is 0 Å². The van der Waals surface area contributed by atoms with Gasteiger partial charge in [-0.25, -0.2) is 4.98 Å². The third-order valence-electron chi connectivity index (χ3n) is 5.89. The molecule has 4 rings (SSSR count). The number of hydrogen-bond donors (Lipinski definition) is 1. The molecular weight excluding hydrogens is 378 g/mol. The van der Waals surface area contributed by atoms with Gasteiger partial charge in [-0.1, -0.05) is 59.9 Å². The van der Waals surface area contributed by atoms with Crippen molar-refractivity contribution >= 4 is 22.4 Å². The highest BCUT2D eigenvalue weighted by Crippen LogP contribution is 2.49. The van der Waals surface area contributed by atoms with E-state index in [1.54, 1.807) is 11.3 Å². The average molecular weight is 406 g/mol. The Morgan fingerprint density at radius 2 is 1.83 bits per heavy atom. The zero-order valence-corrected chi connectivity index (χ0v) is 18.2. The van der Waals surface area contributed by atoms with Crippen LogP contribution < -0.4 is 5.32 Å². The Morgan fingerprint density at radius 1 is 1.10 bits per heavy atom. The normalized spacial score (nSPS) is 15.9. The second-order valence-corrected chi connectivity index (χ2v) is 9.24. The number of amides is 1. The van der Waals surface area contributed by atoms with Gasteiger partial charge in [-0.15, -0.1) is 0 Å². The Labute approximate surface area is 176 Å². The summed E-state index contributed by atoms with van der Waals surface area (Å²) in [5.41, 5.74) is 4.42. The maximum absolute atomic E-state index is 13.1. The van der Waals surface area contributed by atoms with Crippen molar-refractivity contribution in [2.75, 3.05) is 19.4 Å². The Kier molecular flexibility index (Phi) is 5.28. The van der Waals surface area contributed by atoms with Crippen LogP contribution in [0.25, 0.3) is 0 Å². The second-order valence-electron chi connectivity index (χ2n) is 8.18. The molecule has 0 saturated heterocycles.